The number of esters is 2. The number of rotatable bonds is 11. The monoisotopic (exact) mass is 367 g/mol. The topological polar surface area (TPSA) is 55.8 Å². The lowest BCUT2D eigenvalue weighted by Gasteiger charge is -2.21. The summed E-state index contributed by atoms with van der Waals surface area (Å²) in [5.74, 6) is -0.907. The number of nitrogens with zero attached hydrogens (tertiary/aromatic N) is 1. The second-order valence-corrected chi connectivity index (χ2v) is 7.16. The predicted molar refractivity (Wildman–Crippen MR) is 104 cm³/mol. The summed E-state index contributed by atoms with van der Waals surface area (Å²) in [5.41, 5.74) is 0.165. The summed E-state index contributed by atoms with van der Waals surface area (Å²) in [6.07, 6.45) is 13.0. The molecular weight excluding hydrogens is 330 g/mol. The Morgan fingerprint density at radius 1 is 0.846 bits per heavy atom. The zero-order chi connectivity index (χ0) is 19.0. The van der Waals surface area contributed by atoms with E-state index >= 15 is 0 Å². The molecule has 0 unspecified atom stereocenters. The molecule has 1 rings (SSSR count). The van der Waals surface area contributed by atoms with Crippen LogP contribution in [0.2, 0.25) is 0 Å². The van der Waals surface area contributed by atoms with Gasteiger partial charge in [-0.2, -0.15) is 0 Å². The van der Waals surface area contributed by atoms with E-state index in [1.54, 1.807) is 0 Å². The van der Waals surface area contributed by atoms with Gasteiger partial charge in [-0.1, -0.05) is 71.3 Å². The van der Waals surface area contributed by atoms with E-state index in [2.05, 4.69) is 18.4 Å². The standard InChI is InChI=1S/C21H37NO4/c1-3-4-5-6-7-8-9-10-11-12-13-22-14-16-25-20(23)18-19(2)21(24)26-17-15-22/h2-18H2,1H3. The van der Waals surface area contributed by atoms with E-state index < -0.39 is 11.9 Å². The van der Waals surface area contributed by atoms with Gasteiger partial charge in [0.1, 0.15) is 13.2 Å². The summed E-state index contributed by atoms with van der Waals surface area (Å²) < 4.78 is 10.3. The zero-order valence-electron chi connectivity index (χ0n) is 16.6. The summed E-state index contributed by atoms with van der Waals surface area (Å²) in [6.45, 7) is 8.85. The highest BCUT2D eigenvalue weighted by Gasteiger charge is 2.17. The molecule has 5 heteroatoms. The second-order valence-electron chi connectivity index (χ2n) is 7.16. The number of hydrogen-bond donors (Lipinski definition) is 0. The Morgan fingerprint density at radius 2 is 1.38 bits per heavy atom. The van der Waals surface area contributed by atoms with Gasteiger partial charge in [0.15, 0.2) is 0 Å². The summed E-state index contributed by atoms with van der Waals surface area (Å²) in [6, 6.07) is 0. The fourth-order valence-corrected chi connectivity index (χ4v) is 3.11. The molecule has 0 spiro atoms. The first-order chi connectivity index (χ1) is 12.6. The molecule has 1 aliphatic heterocycles. The summed E-state index contributed by atoms with van der Waals surface area (Å²) in [7, 11) is 0. The minimum atomic E-state index is -0.497. The van der Waals surface area contributed by atoms with E-state index in [1.807, 2.05) is 0 Å². The summed E-state index contributed by atoms with van der Waals surface area (Å²) >= 11 is 0. The van der Waals surface area contributed by atoms with E-state index in [0.29, 0.717) is 26.3 Å². The molecule has 1 heterocycles. The fourth-order valence-electron chi connectivity index (χ4n) is 3.11. The van der Waals surface area contributed by atoms with Gasteiger partial charge >= 0.3 is 11.9 Å². The smallest absolute Gasteiger partial charge is 0.334 e. The van der Waals surface area contributed by atoms with Crippen molar-refractivity contribution in [2.24, 2.45) is 0 Å². The maximum absolute atomic E-state index is 11.7. The van der Waals surface area contributed by atoms with E-state index in [0.717, 1.165) is 13.0 Å². The van der Waals surface area contributed by atoms with Crippen molar-refractivity contribution in [2.45, 2.75) is 77.6 Å². The van der Waals surface area contributed by atoms with Crippen molar-refractivity contribution in [3.63, 3.8) is 0 Å². The first-order valence-corrected chi connectivity index (χ1v) is 10.4. The lowest BCUT2D eigenvalue weighted by atomic mass is 10.1. The fraction of sp³-hybridized carbons (Fsp3) is 0.810. The number of ether oxygens (including phenoxy) is 2. The highest BCUT2D eigenvalue weighted by atomic mass is 16.5. The van der Waals surface area contributed by atoms with Gasteiger partial charge in [-0.3, -0.25) is 9.69 Å². The van der Waals surface area contributed by atoms with Gasteiger partial charge in [-0.25, -0.2) is 4.79 Å². The third kappa shape index (κ3) is 11.3. The average molecular weight is 368 g/mol. The molecular formula is C21H37NO4. The van der Waals surface area contributed by atoms with Crippen LogP contribution in [0.3, 0.4) is 0 Å². The van der Waals surface area contributed by atoms with Crippen molar-refractivity contribution in [3.05, 3.63) is 12.2 Å². The minimum absolute atomic E-state index is 0.0860. The molecule has 0 atom stereocenters. The quantitative estimate of drug-likeness (QED) is 0.310. The average Bonchev–Trinajstić information content (AvgIpc) is 2.64. The lowest BCUT2D eigenvalue weighted by Crippen LogP contribution is -2.32. The highest BCUT2D eigenvalue weighted by molar-refractivity contribution is 5.93. The normalized spacial score (nSPS) is 17.5. The molecule has 0 aromatic rings. The van der Waals surface area contributed by atoms with Crippen molar-refractivity contribution in [3.8, 4) is 0 Å². The second kappa shape index (κ2) is 14.8. The summed E-state index contributed by atoms with van der Waals surface area (Å²) in [5, 5.41) is 0. The van der Waals surface area contributed by atoms with Gasteiger partial charge < -0.3 is 9.47 Å². The van der Waals surface area contributed by atoms with Crippen molar-refractivity contribution < 1.29 is 19.1 Å². The Morgan fingerprint density at radius 3 is 2.00 bits per heavy atom. The Bertz CT molecular complexity index is 422. The van der Waals surface area contributed by atoms with Crippen LogP contribution in [0.5, 0.6) is 0 Å². The number of carbonyl (C=O) groups is 2. The number of unbranched alkanes of at least 4 members (excludes halogenated alkanes) is 9. The zero-order valence-corrected chi connectivity index (χ0v) is 16.6. The van der Waals surface area contributed by atoms with E-state index in [-0.39, 0.29) is 12.0 Å². The van der Waals surface area contributed by atoms with Crippen molar-refractivity contribution in [1.82, 2.24) is 4.90 Å². The predicted octanol–water partition coefficient (Wildman–Crippen LogP) is 4.26. The van der Waals surface area contributed by atoms with Crippen LogP contribution in [0.25, 0.3) is 0 Å². The molecule has 0 radical (unpaired) electrons. The van der Waals surface area contributed by atoms with Crippen LogP contribution < -0.4 is 0 Å². The van der Waals surface area contributed by atoms with Crippen LogP contribution in [0.1, 0.15) is 77.6 Å². The molecule has 0 aliphatic carbocycles. The van der Waals surface area contributed by atoms with Crippen LogP contribution in [-0.4, -0.2) is 49.7 Å². The molecule has 1 aliphatic rings. The molecule has 0 bridgehead atoms. The first kappa shape index (κ1) is 22.7. The molecule has 0 aromatic heterocycles. The Labute approximate surface area is 159 Å². The molecule has 0 aromatic carbocycles. The maximum atomic E-state index is 11.7. The van der Waals surface area contributed by atoms with Gasteiger partial charge in [-0.05, 0) is 13.0 Å². The molecule has 0 saturated carbocycles. The largest absolute Gasteiger partial charge is 0.464 e. The van der Waals surface area contributed by atoms with Crippen LogP contribution in [-0.2, 0) is 19.1 Å². The Hall–Kier alpha value is -1.36. The molecule has 5 nitrogen and oxygen atoms in total. The number of hydrogen-bond acceptors (Lipinski definition) is 5. The number of carbonyl (C=O) groups excluding carboxylic acids is 2. The maximum Gasteiger partial charge on any atom is 0.334 e. The highest BCUT2D eigenvalue weighted by Crippen LogP contribution is 2.11. The van der Waals surface area contributed by atoms with Crippen LogP contribution in [0.4, 0.5) is 0 Å². The lowest BCUT2D eigenvalue weighted by molar-refractivity contribution is -0.145. The van der Waals surface area contributed by atoms with Gasteiger partial charge in [0.25, 0.3) is 0 Å². The Balaban J connectivity index is 2.13. The van der Waals surface area contributed by atoms with E-state index in [4.69, 9.17) is 9.47 Å². The molecule has 0 amide bonds. The molecule has 26 heavy (non-hydrogen) atoms. The molecule has 1 fully saturated rings. The Kier molecular flexibility index (Phi) is 12.9. The van der Waals surface area contributed by atoms with Gasteiger partial charge in [0, 0.05) is 18.7 Å². The first-order valence-electron chi connectivity index (χ1n) is 10.4. The van der Waals surface area contributed by atoms with E-state index in [1.165, 1.54) is 57.8 Å². The number of cyclic esters (lactones) is 2. The van der Waals surface area contributed by atoms with Gasteiger partial charge in [0.05, 0.1) is 6.42 Å². The van der Waals surface area contributed by atoms with Crippen LogP contribution in [0, 0.1) is 0 Å². The SMILES string of the molecule is C=C1CC(=O)OCCN(CCCCCCCCCCCC)CCOC1=O. The van der Waals surface area contributed by atoms with Crippen molar-refractivity contribution in [1.29, 1.82) is 0 Å². The third-order valence-corrected chi connectivity index (χ3v) is 4.79. The molecule has 0 N–H and O–H groups in total. The molecule has 1 saturated heterocycles. The van der Waals surface area contributed by atoms with Crippen LogP contribution in [0.15, 0.2) is 12.2 Å². The van der Waals surface area contributed by atoms with Crippen LogP contribution >= 0.6 is 0 Å². The summed E-state index contributed by atoms with van der Waals surface area (Å²) in [4.78, 5) is 25.5. The van der Waals surface area contributed by atoms with E-state index in [9.17, 15) is 9.59 Å². The van der Waals surface area contributed by atoms with Gasteiger partial charge in [0.2, 0.25) is 0 Å². The minimum Gasteiger partial charge on any atom is -0.464 e. The van der Waals surface area contributed by atoms with Crippen molar-refractivity contribution >= 4 is 11.9 Å². The van der Waals surface area contributed by atoms with Crippen molar-refractivity contribution in [2.75, 3.05) is 32.8 Å². The third-order valence-electron chi connectivity index (χ3n) is 4.79. The molecule has 150 valence electrons. The van der Waals surface area contributed by atoms with Gasteiger partial charge in [-0.15, -0.1) is 0 Å².